The van der Waals surface area contributed by atoms with Crippen LogP contribution in [-0.2, 0) is 6.54 Å². The Labute approximate surface area is 121 Å². The summed E-state index contributed by atoms with van der Waals surface area (Å²) in [6.07, 6.45) is 1.89. The van der Waals surface area contributed by atoms with E-state index in [9.17, 15) is 0 Å². The van der Waals surface area contributed by atoms with E-state index in [4.69, 9.17) is 9.47 Å². The van der Waals surface area contributed by atoms with Gasteiger partial charge in [-0.25, -0.2) is 4.52 Å². The van der Waals surface area contributed by atoms with E-state index in [1.54, 1.807) is 4.52 Å². The van der Waals surface area contributed by atoms with E-state index in [1.807, 2.05) is 43.5 Å². The first-order valence-electron chi connectivity index (χ1n) is 6.74. The summed E-state index contributed by atoms with van der Waals surface area (Å²) >= 11 is 0. The minimum absolute atomic E-state index is 0.291. The van der Waals surface area contributed by atoms with Gasteiger partial charge in [0.1, 0.15) is 0 Å². The van der Waals surface area contributed by atoms with Crippen LogP contribution in [0.3, 0.4) is 0 Å². The second-order valence-electron chi connectivity index (χ2n) is 4.94. The summed E-state index contributed by atoms with van der Waals surface area (Å²) in [6.45, 7) is 2.94. The minimum atomic E-state index is 0.291. The largest absolute Gasteiger partial charge is 0.454 e. The van der Waals surface area contributed by atoms with E-state index in [-0.39, 0.29) is 0 Å². The lowest BCUT2D eigenvalue weighted by Crippen LogP contribution is -2.01. The van der Waals surface area contributed by atoms with Crippen LogP contribution in [0, 0.1) is 6.92 Å². The molecule has 0 aliphatic carbocycles. The molecule has 0 saturated heterocycles. The first kappa shape index (κ1) is 12.0. The van der Waals surface area contributed by atoms with Crippen molar-refractivity contribution in [3.8, 4) is 11.5 Å². The Morgan fingerprint density at radius 1 is 1.24 bits per heavy atom. The van der Waals surface area contributed by atoms with Gasteiger partial charge in [0.05, 0.1) is 0 Å². The van der Waals surface area contributed by atoms with Crippen molar-refractivity contribution in [1.82, 2.24) is 14.6 Å². The van der Waals surface area contributed by atoms with Crippen molar-refractivity contribution in [3.63, 3.8) is 0 Å². The molecule has 0 amide bonds. The van der Waals surface area contributed by atoms with Gasteiger partial charge in [-0.05, 0) is 36.2 Å². The molecule has 6 heteroatoms. The highest BCUT2D eigenvalue weighted by Gasteiger charge is 2.13. The van der Waals surface area contributed by atoms with Gasteiger partial charge >= 0.3 is 0 Å². The molecule has 106 valence electrons. The molecule has 0 bridgehead atoms. The summed E-state index contributed by atoms with van der Waals surface area (Å²) in [5.74, 6) is 2.19. The maximum Gasteiger partial charge on any atom is 0.243 e. The van der Waals surface area contributed by atoms with Crippen LogP contribution in [-0.4, -0.2) is 21.4 Å². The topological polar surface area (TPSA) is 60.7 Å². The number of ether oxygens (including phenoxy) is 2. The molecular formula is C15H14N4O2. The first-order chi connectivity index (χ1) is 10.3. The summed E-state index contributed by atoms with van der Waals surface area (Å²) in [6, 6.07) is 9.86. The number of benzene rings is 1. The number of pyridine rings is 1. The van der Waals surface area contributed by atoms with Crippen LogP contribution in [0.1, 0.15) is 11.1 Å². The van der Waals surface area contributed by atoms with Crippen LogP contribution in [0.25, 0.3) is 5.65 Å². The molecule has 6 nitrogen and oxygen atoms in total. The van der Waals surface area contributed by atoms with E-state index >= 15 is 0 Å². The quantitative estimate of drug-likeness (QED) is 0.799. The highest BCUT2D eigenvalue weighted by atomic mass is 16.7. The molecule has 0 radical (unpaired) electrons. The summed E-state index contributed by atoms with van der Waals surface area (Å²) in [5, 5.41) is 7.63. The van der Waals surface area contributed by atoms with Gasteiger partial charge in [0.15, 0.2) is 17.1 Å². The Bertz CT molecular complexity index is 813. The predicted octanol–water partition coefficient (Wildman–Crippen LogP) is 2.38. The monoisotopic (exact) mass is 282 g/mol. The number of nitrogens with zero attached hydrogens (tertiary/aromatic N) is 3. The Balaban J connectivity index is 1.54. The number of rotatable bonds is 3. The molecule has 21 heavy (non-hydrogen) atoms. The summed E-state index contributed by atoms with van der Waals surface area (Å²) in [7, 11) is 0. The molecule has 1 aromatic carbocycles. The zero-order valence-corrected chi connectivity index (χ0v) is 11.5. The first-order valence-corrected chi connectivity index (χ1v) is 6.74. The Morgan fingerprint density at radius 2 is 2.14 bits per heavy atom. The van der Waals surface area contributed by atoms with Crippen LogP contribution in [0.2, 0.25) is 0 Å². The number of nitrogens with one attached hydrogen (secondary N) is 1. The molecule has 1 aliphatic rings. The molecule has 0 unspecified atom stereocenters. The molecule has 1 aliphatic heterocycles. The van der Waals surface area contributed by atoms with Gasteiger partial charge in [0, 0.05) is 12.7 Å². The Kier molecular flexibility index (Phi) is 2.67. The van der Waals surface area contributed by atoms with Crippen molar-refractivity contribution < 1.29 is 9.47 Å². The highest BCUT2D eigenvalue weighted by Crippen LogP contribution is 2.32. The number of anilines is 1. The Hall–Kier alpha value is -2.76. The van der Waals surface area contributed by atoms with Crippen molar-refractivity contribution in [2.24, 2.45) is 0 Å². The van der Waals surface area contributed by atoms with Gasteiger partial charge in [0.25, 0.3) is 0 Å². The molecule has 0 atom stereocenters. The fraction of sp³-hybridized carbons (Fsp3) is 0.200. The van der Waals surface area contributed by atoms with E-state index in [0.717, 1.165) is 28.3 Å². The lowest BCUT2D eigenvalue weighted by atomic mass is 10.2. The zero-order valence-electron chi connectivity index (χ0n) is 11.5. The normalized spacial score (nSPS) is 12.8. The van der Waals surface area contributed by atoms with Gasteiger partial charge in [0.2, 0.25) is 12.7 Å². The fourth-order valence-corrected chi connectivity index (χ4v) is 2.35. The number of aryl methyl sites for hydroxylation is 1. The third-order valence-electron chi connectivity index (χ3n) is 3.45. The van der Waals surface area contributed by atoms with Crippen LogP contribution in [0.4, 0.5) is 5.95 Å². The number of hydrogen-bond donors (Lipinski definition) is 1. The van der Waals surface area contributed by atoms with Crippen molar-refractivity contribution >= 4 is 11.6 Å². The molecule has 3 aromatic rings. The van der Waals surface area contributed by atoms with Crippen LogP contribution >= 0.6 is 0 Å². The second kappa shape index (κ2) is 4.66. The highest BCUT2D eigenvalue weighted by molar-refractivity contribution is 5.50. The van der Waals surface area contributed by atoms with Crippen LogP contribution < -0.4 is 14.8 Å². The molecular weight excluding hydrogens is 268 g/mol. The molecule has 0 saturated carbocycles. The van der Waals surface area contributed by atoms with E-state index < -0.39 is 0 Å². The van der Waals surface area contributed by atoms with Crippen molar-refractivity contribution in [1.29, 1.82) is 0 Å². The number of fused-ring (bicyclic) bond motifs is 2. The van der Waals surface area contributed by atoms with E-state index in [0.29, 0.717) is 19.3 Å². The Morgan fingerprint density at radius 3 is 3.05 bits per heavy atom. The maximum absolute atomic E-state index is 5.37. The number of aromatic nitrogens is 3. The van der Waals surface area contributed by atoms with E-state index in [1.165, 1.54) is 0 Å². The number of hydrogen-bond acceptors (Lipinski definition) is 5. The van der Waals surface area contributed by atoms with Gasteiger partial charge in [-0.1, -0.05) is 12.1 Å². The average Bonchev–Trinajstić information content (AvgIpc) is 3.11. The average molecular weight is 282 g/mol. The smallest absolute Gasteiger partial charge is 0.243 e. The third-order valence-corrected chi connectivity index (χ3v) is 3.45. The molecule has 4 rings (SSSR count). The molecule has 0 fully saturated rings. The van der Waals surface area contributed by atoms with Gasteiger partial charge in [-0.3, -0.25) is 0 Å². The second-order valence-corrected chi connectivity index (χ2v) is 4.94. The summed E-state index contributed by atoms with van der Waals surface area (Å²) < 4.78 is 12.4. The van der Waals surface area contributed by atoms with Crippen LogP contribution in [0.15, 0.2) is 36.5 Å². The standard InChI is InChI=1S/C15H14N4O2/c1-10-3-2-6-19-14(10)17-15(18-19)16-8-11-4-5-12-13(7-11)21-9-20-12/h2-7H,8-9H2,1H3,(H,16,18). The molecule has 0 spiro atoms. The molecule has 2 aromatic heterocycles. The molecule has 3 heterocycles. The van der Waals surface area contributed by atoms with Crippen molar-refractivity contribution in [3.05, 3.63) is 47.7 Å². The summed E-state index contributed by atoms with van der Waals surface area (Å²) in [4.78, 5) is 4.48. The maximum atomic E-state index is 5.37. The fourth-order valence-electron chi connectivity index (χ4n) is 2.35. The van der Waals surface area contributed by atoms with Crippen molar-refractivity contribution in [2.45, 2.75) is 13.5 Å². The van der Waals surface area contributed by atoms with Gasteiger partial charge < -0.3 is 14.8 Å². The van der Waals surface area contributed by atoms with E-state index in [2.05, 4.69) is 15.4 Å². The third kappa shape index (κ3) is 2.14. The van der Waals surface area contributed by atoms with Crippen LogP contribution in [0.5, 0.6) is 11.5 Å². The molecule has 1 N–H and O–H groups in total. The van der Waals surface area contributed by atoms with Gasteiger partial charge in [-0.15, -0.1) is 5.10 Å². The zero-order chi connectivity index (χ0) is 14.2. The predicted molar refractivity (Wildman–Crippen MR) is 77.6 cm³/mol. The summed E-state index contributed by atoms with van der Waals surface area (Å²) in [5.41, 5.74) is 3.06. The minimum Gasteiger partial charge on any atom is -0.454 e. The van der Waals surface area contributed by atoms with Crippen molar-refractivity contribution in [2.75, 3.05) is 12.1 Å². The lowest BCUT2D eigenvalue weighted by molar-refractivity contribution is 0.174. The van der Waals surface area contributed by atoms with Gasteiger partial charge in [-0.2, -0.15) is 4.98 Å². The lowest BCUT2D eigenvalue weighted by Gasteiger charge is -2.03. The SMILES string of the molecule is Cc1cccn2nc(NCc3ccc4c(c3)OCO4)nc12.